The molecule has 2 heterocycles. The van der Waals surface area contributed by atoms with E-state index in [9.17, 15) is 13.2 Å². The molecule has 0 unspecified atom stereocenters. The average molecular weight is 399 g/mol. The number of amides is 1. The number of nitrogens with zero attached hydrogens (tertiary/aromatic N) is 1. The maximum Gasteiger partial charge on any atom is 0.252 e. The number of carbonyl (C=O) groups is 1. The summed E-state index contributed by atoms with van der Waals surface area (Å²) >= 11 is 7.13. The van der Waals surface area contributed by atoms with Crippen molar-refractivity contribution >= 4 is 44.6 Å². The normalized spacial score (nSPS) is 18.9. The molecule has 0 aliphatic carbocycles. The molecule has 2 aromatic rings. The Bertz CT molecular complexity index is 866. The van der Waals surface area contributed by atoms with Gasteiger partial charge in [-0.25, -0.2) is 8.42 Å². The standard InChI is InChI=1S/C17H19ClN2O3S2/c1-12-10-14(18)6-7-15(12)19-17(21)13-4-2-8-20(11-13)25(22,23)16-5-3-9-24-16/h3,5-7,9-10,13H,2,4,8,11H2,1H3,(H,19,21)/t13-/m1/s1. The topological polar surface area (TPSA) is 66.5 Å². The van der Waals surface area contributed by atoms with Gasteiger partial charge in [0.25, 0.3) is 10.0 Å². The first-order chi connectivity index (χ1) is 11.9. The van der Waals surface area contributed by atoms with E-state index in [1.54, 1.807) is 35.7 Å². The quantitative estimate of drug-likeness (QED) is 0.852. The Balaban J connectivity index is 1.72. The van der Waals surface area contributed by atoms with Gasteiger partial charge in [0.1, 0.15) is 4.21 Å². The third kappa shape index (κ3) is 4.06. The third-order valence-electron chi connectivity index (χ3n) is 4.29. The lowest BCUT2D eigenvalue weighted by Crippen LogP contribution is -2.43. The fourth-order valence-electron chi connectivity index (χ4n) is 2.91. The molecule has 0 saturated carbocycles. The predicted octanol–water partition coefficient (Wildman–Crippen LogP) is 3.75. The SMILES string of the molecule is Cc1cc(Cl)ccc1NC(=O)[C@@H]1CCCN(S(=O)(=O)c2cccs2)C1. The van der Waals surface area contributed by atoms with Gasteiger partial charge in [-0.2, -0.15) is 4.31 Å². The molecular formula is C17H19ClN2O3S2. The Labute approximate surface area is 156 Å². The number of hydrogen-bond donors (Lipinski definition) is 1. The molecular weight excluding hydrogens is 380 g/mol. The molecule has 0 spiro atoms. The highest BCUT2D eigenvalue weighted by molar-refractivity contribution is 7.91. The molecule has 25 heavy (non-hydrogen) atoms. The van der Waals surface area contributed by atoms with E-state index < -0.39 is 10.0 Å². The fourth-order valence-corrected chi connectivity index (χ4v) is 5.81. The van der Waals surface area contributed by atoms with Gasteiger partial charge in [-0.05, 0) is 55.0 Å². The minimum Gasteiger partial charge on any atom is -0.326 e. The van der Waals surface area contributed by atoms with E-state index >= 15 is 0 Å². The van der Waals surface area contributed by atoms with E-state index in [1.807, 2.05) is 6.92 Å². The Morgan fingerprint density at radius 1 is 1.36 bits per heavy atom. The van der Waals surface area contributed by atoms with Crippen LogP contribution < -0.4 is 5.32 Å². The molecule has 1 aromatic heterocycles. The van der Waals surface area contributed by atoms with Crippen LogP contribution in [-0.2, 0) is 14.8 Å². The molecule has 1 atom stereocenters. The van der Waals surface area contributed by atoms with E-state index in [1.165, 1.54) is 15.6 Å². The monoisotopic (exact) mass is 398 g/mol. The summed E-state index contributed by atoms with van der Waals surface area (Å²) in [7, 11) is -3.52. The minimum absolute atomic E-state index is 0.156. The maximum absolute atomic E-state index is 12.7. The van der Waals surface area contributed by atoms with E-state index in [4.69, 9.17) is 11.6 Å². The van der Waals surface area contributed by atoms with Crippen molar-refractivity contribution in [2.45, 2.75) is 24.0 Å². The van der Waals surface area contributed by atoms with Crippen LogP contribution in [0.15, 0.2) is 39.9 Å². The summed E-state index contributed by atoms with van der Waals surface area (Å²) in [5.74, 6) is -0.518. The summed E-state index contributed by atoms with van der Waals surface area (Å²) in [6.45, 7) is 2.53. The van der Waals surface area contributed by atoms with E-state index in [-0.39, 0.29) is 18.4 Å². The molecule has 0 radical (unpaired) electrons. The Kier molecular flexibility index (Phi) is 5.48. The van der Waals surface area contributed by atoms with E-state index in [0.717, 1.165) is 5.56 Å². The molecule has 1 saturated heterocycles. The van der Waals surface area contributed by atoms with Crippen molar-refractivity contribution < 1.29 is 13.2 Å². The summed E-state index contributed by atoms with van der Waals surface area (Å²) < 4.78 is 27.1. The Morgan fingerprint density at radius 2 is 2.16 bits per heavy atom. The van der Waals surface area contributed by atoms with Crippen LogP contribution in [0.1, 0.15) is 18.4 Å². The zero-order chi connectivity index (χ0) is 18.0. The van der Waals surface area contributed by atoms with Crippen LogP contribution in [0.5, 0.6) is 0 Å². The second-order valence-corrected chi connectivity index (χ2v) is 9.63. The summed E-state index contributed by atoms with van der Waals surface area (Å²) in [5.41, 5.74) is 1.58. The number of hydrogen-bond acceptors (Lipinski definition) is 4. The van der Waals surface area contributed by atoms with Crippen LogP contribution in [0.25, 0.3) is 0 Å². The van der Waals surface area contributed by atoms with Crippen molar-refractivity contribution in [2.75, 3.05) is 18.4 Å². The lowest BCUT2D eigenvalue weighted by molar-refractivity contribution is -0.120. The molecule has 1 fully saturated rings. The molecule has 1 aromatic carbocycles. The summed E-state index contributed by atoms with van der Waals surface area (Å²) in [6.07, 6.45) is 1.34. The number of carbonyl (C=O) groups excluding carboxylic acids is 1. The molecule has 1 aliphatic rings. The van der Waals surface area contributed by atoms with Crippen LogP contribution >= 0.6 is 22.9 Å². The highest BCUT2D eigenvalue weighted by Gasteiger charge is 2.33. The number of nitrogens with one attached hydrogen (secondary N) is 1. The van der Waals surface area contributed by atoms with Gasteiger partial charge in [0.2, 0.25) is 5.91 Å². The van der Waals surface area contributed by atoms with Crippen molar-refractivity contribution in [3.05, 3.63) is 46.3 Å². The van der Waals surface area contributed by atoms with Gasteiger partial charge in [-0.15, -0.1) is 11.3 Å². The lowest BCUT2D eigenvalue weighted by atomic mass is 9.98. The first-order valence-corrected chi connectivity index (χ1v) is 10.7. The van der Waals surface area contributed by atoms with Crippen LogP contribution in [0.3, 0.4) is 0 Å². The van der Waals surface area contributed by atoms with Gasteiger partial charge in [-0.3, -0.25) is 4.79 Å². The Hall–Kier alpha value is -1.41. The predicted molar refractivity (Wildman–Crippen MR) is 101 cm³/mol. The molecule has 1 N–H and O–H groups in total. The Morgan fingerprint density at radius 3 is 2.84 bits per heavy atom. The van der Waals surface area contributed by atoms with E-state index in [2.05, 4.69) is 5.32 Å². The number of halogens is 1. The molecule has 3 rings (SSSR count). The lowest BCUT2D eigenvalue weighted by Gasteiger charge is -2.30. The summed E-state index contributed by atoms with van der Waals surface area (Å²) in [4.78, 5) is 12.6. The first-order valence-electron chi connectivity index (χ1n) is 7.98. The number of thiophene rings is 1. The number of aryl methyl sites for hydroxylation is 1. The number of benzene rings is 1. The van der Waals surface area contributed by atoms with Crippen molar-refractivity contribution in [1.29, 1.82) is 0 Å². The number of rotatable bonds is 4. The van der Waals surface area contributed by atoms with Gasteiger partial charge >= 0.3 is 0 Å². The minimum atomic E-state index is -3.52. The zero-order valence-corrected chi connectivity index (χ0v) is 16.1. The second-order valence-electron chi connectivity index (χ2n) is 6.08. The zero-order valence-electron chi connectivity index (χ0n) is 13.7. The van der Waals surface area contributed by atoms with E-state index in [0.29, 0.717) is 34.3 Å². The fraction of sp³-hybridized carbons (Fsp3) is 0.353. The maximum atomic E-state index is 12.7. The highest BCUT2D eigenvalue weighted by atomic mass is 35.5. The van der Waals surface area contributed by atoms with Crippen LogP contribution in [0.4, 0.5) is 5.69 Å². The molecule has 134 valence electrons. The van der Waals surface area contributed by atoms with Gasteiger partial charge < -0.3 is 5.32 Å². The molecule has 5 nitrogen and oxygen atoms in total. The van der Waals surface area contributed by atoms with Gasteiger partial charge in [0.05, 0.1) is 5.92 Å². The number of piperidine rings is 1. The average Bonchev–Trinajstić information content (AvgIpc) is 3.13. The van der Waals surface area contributed by atoms with Gasteiger partial charge in [0, 0.05) is 23.8 Å². The van der Waals surface area contributed by atoms with Crippen molar-refractivity contribution in [3.63, 3.8) is 0 Å². The van der Waals surface area contributed by atoms with Crippen molar-refractivity contribution in [3.8, 4) is 0 Å². The largest absolute Gasteiger partial charge is 0.326 e. The molecule has 1 aliphatic heterocycles. The molecule has 1 amide bonds. The summed E-state index contributed by atoms with van der Waals surface area (Å²) in [6, 6.07) is 8.58. The molecule has 0 bridgehead atoms. The molecule has 8 heteroatoms. The smallest absolute Gasteiger partial charge is 0.252 e. The van der Waals surface area contributed by atoms with Crippen molar-refractivity contribution in [2.24, 2.45) is 5.92 Å². The number of anilines is 1. The van der Waals surface area contributed by atoms with Crippen LogP contribution in [0.2, 0.25) is 5.02 Å². The van der Waals surface area contributed by atoms with Crippen molar-refractivity contribution in [1.82, 2.24) is 4.31 Å². The number of sulfonamides is 1. The van der Waals surface area contributed by atoms with Gasteiger partial charge in [0.15, 0.2) is 0 Å². The second kappa shape index (κ2) is 7.45. The highest BCUT2D eigenvalue weighted by Crippen LogP contribution is 2.27. The van der Waals surface area contributed by atoms with Crippen LogP contribution in [0, 0.1) is 12.8 Å². The van der Waals surface area contributed by atoms with Crippen LogP contribution in [-0.4, -0.2) is 31.7 Å². The third-order valence-corrected chi connectivity index (χ3v) is 7.76. The summed E-state index contributed by atoms with van der Waals surface area (Å²) in [5, 5.41) is 5.25. The first kappa shape index (κ1) is 18.4. The van der Waals surface area contributed by atoms with Gasteiger partial charge in [-0.1, -0.05) is 17.7 Å².